The van der Waals surface area contributed by atoms with Crippen molar-refractivity contribution in [1.82, 2.24) is 24.2 Å². The van der Waals surface area contributed by atoms with Crippen molar-refractivity contribution in [3.05, 3.63) is 88.4 Å². The largest absolute Gasteiger partial charge is 0.416 e. The summed E-state index contributed by atoms with van der Waals surface area (Å²) < 4.78 is 54.3. The van der Waals surface area contributed by atoms with Crippen LogP contribution < -0.4 is 5.56 Å². The van der Waals surface area contributed by atoms with Crippen molar-refractivity contribution in [2.24, 2.45) is 0 Å². The van der Waals surface area contributed by atoms with E-state index in [0.717, 1.165) is 17.7 Å². The highest BCUT2D eigenvalue weighted by molar-refractivity contribution is 5.74. The minimum Gasteiger partial charge on any atom is -0.388 e. The van der Waals surface area contributed by atoms with Crippen LogP contribution in [0.15, 0.2) is 65.8 Å². The smallest absolute Gasteiger partial charge is 0.388 e. The number of halogens is 4. The van der Waals surface area contributed by atoms with Crippen molar-refractivity contribution < 1.29 is 22.7 Å². The molecule has 0 saturated carbocycles. The first-order chi connectivity index (χ1) is 17.1. The van der Waals surface area contributed by atoms with E-state index in [1.54, 1.807) is 12.1 Å². The average molecular weight is 501 g/mol. The standard InChI is InChI=1S/C25H23F4N5O2/c26-19-5-1-17(2-6-19)14-32-11-9-24(36,10-12-32)15-33-16-30-22-21(23(33)35)13-31-34(22)20-7-3-18(4-8-20)25(27,28)29/h1-8,13,16,36H,9-12,14-15H2. The molecule has 0 aliphatic carbocycles. The van der Waals surface area contributed by atoms with Crippen molar-refractivity contribution >= 4 is 11.0 Å². The van der Waals surface area contributed by atoms with E-state index in [1.807, 2.05) is 0 Å². The lowest BCUT2D eigenvalue weighted by Crippen LogP contribution is -2.47. The molecule has 188 valence electrons. The quantitative estimate of drug-likeness (QED) is 0.422. The maximum atomic E-state index is 13.1. The number of nitrogens with zero attached hydrogens (tertiary/aromatic N) is 5. The molecule has 3 heterocycles. The molecule has 2 aromatic heterocycles. The molecule has 1 N–H and O–H groups in total. The number of rotatable bonds is 5. The van der Waals surface area contributed by atoms with Crippen LogP contribution in [-0.4, -0.2) is 48.0 Å². The highest BCUT2D eigenvalue weighted by Gasteiger charge is 2.33. The summed E-state index contributed by atoms with van der Waals surface area (Å²) in [6, 6.07) is 10.7. The molecule has 1 saturated heterocycles. The number of aliphatic hydroxyl groups is 1. The van der Waals surface area contributed by atoms with Gasteiger partial charge in [-0.3, -0.25) is 14.3 Å². The zero-order chi connectivity index (χ0) is 25.5. The topological polar surface area (TPSA) is 76.2 Å². The molecule has 7 nitrogen and oxygen atoms in total. The molecule has 2 aromatic carbocycles. The first kappa shape index (κ1) is 24.1. The Morgan fingerprint density at radius 3 is 2.31 bits per heavy atom. The minimum atomic E-state index is -4.45. The van der Waals surface area contributed by atoms with Crippen molar-refractivity contribution in [3.8, 4) is 5.69 Å². The van der Waals surface area contributed by atoms with Crippen LogP contribution in [-0.2, 0) is 19.3 Å². The Morgan fingerprint density at radius 2 is 1.67 bits per heavy atom. The monoisotopic (exact) mass is 501 g/mol. The molecule has 0 bridgehead atoms. The van der Waals surface area contributed by atoms with Crippen LogP contribution in [0, 0.1) is 5.82 Å². The first-order valence-electron chi connectivity index (χ1n) is 11.4. The number of fused-ring (bicyclic) bond motifs is 1. The fourth-order valence-corrected chi connectivity index (χ4v) is 4.49. The highest BCUT2D eigenvalue weighted by Crippen LogP contribution is 2.30. The van der Waals surface area contributed by atoms with Gasteiger partial charge in [0, 0.05) is 19.6 Å². The number of piperidine rings is 1. The summed E-state index contributed by atoms with van der Waals surface area (Å²) in [5, 5.41) is 15.5. The van der Waals surface area contributed by atoms with Gasteiger partial charge in [-0.1, -0.05) is 12.1 Å². The molecule has 5 rings (SSSR count). The Labute approximate surface area is 203 Å². The van der Waals surface area contributed by atoms with Crippen LogP contribution in [0.25, 0.3) is 16.7 Å². The van der Waals surface area contributed by atoms with Gasteiger partial charge in [0.15, 0.2) is 5.65 Å². The summed E-state index contributed by atoms with van der Waals surface area (Å²) in [4.78, 5) is 19.6. The van der Waals surface area contributed by atoms with Crippen molar-refractivity contribution in [2.75, 3.05) is 13.1 Å². The van der Waals surface area contributed by atoms with E-state index in [2.05, 4.69) is 15.0 Å². The van der Waals surface area contributed by atoms with Gasteiger partial charge in [-0.25, -0.2) is 14.1 Å². The minimum absolute atomic E-state index is 0.0601. The predicted molar refractivity (Wildman–Crippen MR) is 124 cm³/mol. The van der Waals surface area contributed by atoms with E-state index >= 15 is 0 Å². The molecule has 0 atom stereocenters. The third-order valence-electron chi connectivity index (χ3n) is 6.56. The third-order valence-corrected chi connectivity index (χ3v) is 6.56. The second-order valence-corrected chi connectivity index (χ2v) is 9.14. The molecular formula is C25H23F4N5O2. The zero-order valence-electron chi connectivity index (χ0n) is 19.1. The maximum absolute atomic E-state index is 13.1. The number of hydrogen-bond donors (Lipinski definition) is 1. The summed E-state index contributed by atoms with van der Waals surface area (Å²) in [5.41, 5.74) is -0.720. The van der Waals surface area contributed by atoms with Crippen molar-refractivity contribution in [3.63, 3.8) is 0 Å². The molecule has 0 amide bonds. The van der Waals surface area contributed by atoms with Gasteiger partial charge in [-0.05, 0) is 54.8 Å². The number of aromatic nitrogens is 4. The molecule has 1 aliphatic rings. The molecule has 0 spiro atoms. The Balaban J connectivity index is 1.30. The van der Waals surface area contributed by atoms with Crippen LogP contribution in [0.2, 0.25) is 0 Å². The lowest BCUT2D eigenvalue weighted by molar-refractivity contribution is -0.137. The van der Waals surface area contributed by atoms with Gasteiger partial charge in [-0.15, -0.1) is 0 Å². The number of hydrogen-bond acceptors (Lipinski definition) is 5. The summed E-state index contributed by atoms with van der Waals surface area (Å²) in [7, 11) is 0. The lowest BCUT2D eigenvalue weighted by atomic mass is 9.91. The summed E-state index contributed by atoms with van der Waals surface area (Å²) >= 11 is 0. The Morgan fingerprint density at radius 1 is 1.00 bits per heavy atom. The molecule has 11 heteroatoms. The van der Waals surface area contributed by atoms with Crippen LogP contribution >= 0.6 is 0 Å². The van der Waals surface area contributed by atoms with E-state index in [9.17, 15) is 27.5 Å². The van der Waals surface area contributed by atoms with Crippen LogP contribution in [0.1, 0.15) is 24.0 Å². The Hall–Kier alpha value is -3.57. The molecule has 0 unspecified atom stereocenters. The van der Waals surface area contributed by atoms with Gasteiger partial charge < -0.3 is 5.11 Å². The number of likely N-dealkylation sites (tertiary alicyclic amines) is 1. The van der Waals surface area contributed by atoms with Crippen LogP contribution in [0.5, 0.6) is 0 Å². The van der Waals surface area contributed by atoms with Crippen molar-refractivity contribution in [1.29, 1.82) is 0 Å². The Kier molecular flexibility index (Phi) is 6.13. The average Bonchev–Trinajstić information content (AvgIpc) is 3.28. The van der Waals surface area contributed by atoms with E-state index in [-0.39, 0.29) is 29.0 Å². The second kappa shape index (κ2) is 9.14. The van der Waals surface area contributed by atoms with Gasteiger partial charge in [0.1, 0.15) is 17.5 Å². The second-order valence-electron chi connectivity index (χ2n) is 9.14. The molecule has 1 fully saturated rings. The molecular weight excluding hydrogens is 478 g/mol. The maximum Gasteiger partial charge on any atom is 0.416 e. The van der Waals surface area contributed by atoms with E-state index < -0.39 is 17.3 Å². The summed E-state index contributed by atoms with van der Waals surface area (Å²) in [5.74, 6) is -0.285. The third kappa shape index (κ3) is 4.89. The van der Waals surface area contributed by atoms with Gasteiger partial charge in [0.2, 0.25) is 0 Å². The highest BCUT2D eigenvalue weighted by atomic mass is 19.4. The summed E-state index contributed by atoms with van der Waals surface area (Å²) in [6.07, 6.45) is -0.898. The molecule has 0 radical (unpaired) electrons. The van der Waals surface area contributed by atoms with Gasteiger partial charge in [-0.2, -0.15) is 18.3 Å². The van der Waals surface area contributed by atoms with Crippen LogP contribution in [0.3, 0.4) is 0 Å². The van der Waals surface area contributed by atoms with Gasteiger partial charge in [0.25, 0.3) is 5.56 Å². The van der Waals surface area contributed by atoms with Gasteiger partial charge >= 0.3 is 6.18 Å². The fraction of sp³-hybridized carbons (Fsp3) is 0.320. The zero-order valence-corrected chi connectivity index (χ0v) is 19.1. The molecule has 36 heavy (non-hydrogen) atoms. The lowest BCUT2D eigenvalue weighted by Gasteiger charge is -2.38. The van der Waals surface area contributed by atoms with Crippen LogP contribution in [0.4, 0.5) is 17.6 Å². The number of benzene rings is 2. The summed E-state index contributed by atoms with van der Waals surface area (Å²) in [6.45, 7) is 1.94. The Bertz CT molecular complexity index is 1420. The molecule has 4 aromatic rings. The first-order valence-corrected chi connectivity index (χ1v) is 11.4. The van der Waals surface area contributed by atoms with Crippen molar-refractivity contribution in [2.45, 2.75) is 37.7 Å². The van der Waals surface area contributed by atoms with E-state index in [0.29, 0.717) is 38.2 Å². The fourth-order valence-electron chi connectivity index (χ4n) is 4.49. The molecule has 1 aliphatic heterocycles. The number of alkyl halides is 3. The normalized spacial score (nSPS) is 16.5. The van der Waals surface area contributed by atoms with E-state index in [1.165, 1.54) is 46.0 Å². The SMILES string of the molecule is O=c1c2cnn(-c3ccc(C(F)(F)F)cc3)c2ncn1CC1(O)CCN(Cc2ccc(F)cc2)CC1. The van der Waals surface area contributed by atoms with Gasteiger partial charge in [0.05, 0.1) is 29.6 Å². The van der Waals surface area contributed by atoms with E-state index in [4.69, 9.17) is 0 Å². The predicted octanol–water partition coefficient (Wildman–Crippen LogP) is 3.77.